The summed E-state index contributed by atoms with van der Waals surface area (Å²) >= 11 is 0. The third kappa shape index (κ3) is 3.91. The molecule has 0 bridgehead atoms. The van der Waals surface area contributed by atoms with Crippen molar-refractivity contribution < 1.29 is 49.3 Å². The van der Waals surface area contributed by atoms with Gasteiger partial charge in [0.15, 0.2) is 17.3 Å². The second-order valence-electron chi connectivity index (χ2n) is 7.61. The fraction of sp³-hybridized carbons (Fsp3) is 0.318. The summed E-state index contributed by atoms with van der Waals surface area (Å²) < 4.78 is 22.1. The van der Waals surface area contributed by atoms with Gasteiger partial charge in [-0.25, -0.2) is 0 Å². The van der Waals surface area contributed by atoms with E-state index in [1.54, 1.807) is 0 Å². The van der Waals surface area contributed by atoms with Gasteiger partial charge in [-0.2, -0.15) is 0 Å². The van der Waals surface area contributed by atoms with E-state index in [2.05, 4.69) is 0 Å². The van der Waals surface area contributed by atoms with Crippen molar-refractivity contribution in [3.63, 3.8) is 0 Å². The molecule has 4 rings (SSSR count). The summed E-state index contributed by atoms with van der Waals surface area (Å²) in [6.07, 6.45) is -7.21. The first-order chi connectivity index (χ1) is 15.6. The van der Waals surface area contributed by atoms with E-state index < -0.39 is 53.4 Å². The fourth-order valence-electron chi connectivity index (χ4n) is 3.60. The van der Waals surface area contributed by atoms with E-state index in [0.29, 0.717) is 0 Å². The highest BCUT2D eigenvalue weighted by molar-refractivity contribution is 5.88. The molecule has 33 heavy (non-hydrogen) atoms. The average molecular weight is 462 g/mol. The summed E-state index contributed by atoms with van der Waals surface area (Å²) in [7, 11) is 1.29. The zero-order valence-electron chi connectivity index (χ0n) is 17.5. The number of hydrogen-bond acceptors (Lipinski definition) is 11. The lowest BCUT2D eigenvalue weighted by molar-refractivity contribution is -0.268. The minimum atomic E-state index is -1.71. The molecule has 1 aromatic heterocycles. The van der Waals surface area contributed by atoms with Crippen molar-refractivity contribution in [3.8, 4) is 40.1 Å². The van der Waals surface area contributed by atoms with Crippen molar-refractivity contribution in [2.24, 2.45) is 0 Å². The van der Waals surface area contributed by atoms with Crippen LogP contribution in [0.25, 0.3) is 22.3 Å². The van der Waals surface area contributed by atoms with Crippen molar-refractivity contribution in [1.29, 1.82) is 0 Å². The normalized spacial score (nSPS) is 25.2. The first-order valence-electron chi connectivity index (χ1n) is 9.88. The number of hydrogen-bond donors (Lipinski definition) is 6. The van der Waals surface area contributed by atoms with Gasteiger partial charge in [-0.1, -0.05) is 0 Å². The third-order valence-corrected chi connectivity index (χ3v) is 5.40. The molecule has 1 fully saturated rings. The second kappa shape index (κ2) is 8.45. The molecule has 2 aromatic carbocycles. The van der Waals surface area contributed by atoms with Gasteiger partial charge in [0.05, 0.1) is 13.2 Å². The average Bonchev–Trinajstić information content (AvgIpc) is 2.78. The Morgan fingerprint density at radius 3 is 2.33 bits per heavy atom. The number of phenols is 3. The largest absolute Gasteiger partial charge is 0.508 e. The molecule has 1 saturated heterocycles. The Hall–Kier alpha value is -3.51. The Balaban J connectivity index is 1.94. The molecule has 5 atom stereocenters. The van der Waals surface area contributed by atoms with Crippen LogP contribution < -0.4 is 14.9 Å². The van der Waals surface area contributed by atoms with Crippen LogP contribution in [0.15, 0.2) is 39.5 Å². The van der Waals surface area contributed by atoms with Crippen molar-refractivity contribution >= 4 is 11.0 Å². The van der Waals surface area contributed by atoms with Gasteiger partial charge in [-0.05, 0) is 25.1 Å². The molecule has 176 valence electrons. The summed E-state index contributed by atoms with van der Waals surface area (Å²) in [6.45, 7) is 1.45. The van der Waals surface area contributed by atoms with Crippen LogP contribution >= 0.6 is 0 Å². The minimum absolute atomic E-state index is 0.0161. The lowest BCUT2D eigenvalue weighted by atomic mass is 10.00. The van der Waals surface area contributed by atoms with Gasteiger partial charge in [0.25, 0.3) is 0 Å². The van der Waals surface area contributed by atoms with Gasteiger partial charge in [0.1, 0.15) is 40.8 Å². The maximum absolute atomic E-state index is 13.5. The zero-order chi connectivity index (χ0) is 24.0. The molecule has 3 aromatic rings. The summed E-state index contributed by atoms with van der Waals surface area (Å²) in [4.78, 5) is 13.5. The Bertz CT molecular complexity index is 1250. The van der Waals surface area contributed by atoms with E-state index in [4.69, 9.17) is 18.6 Å². The van der Waals surface area contributed by atoms with Crippen LogP contribution in [-0.2, 0) is 4.74 Å². The van der Waals surface area contributed by atoms with E-state index >= 15 is 0 Å². The Kier molecular flexibility index (Phi) is 5.80. The number of aliphatic hydroxyl groups excluding tert-OH is 3. The molecule has 0 radical (unpaired) electrons. The van der Waals surface area contributed by atoms with E-state index in [1.165, 1.54) is 32.2 Å². The molecular weight excluding hydrogens is 440 g/mol. The van der Waals surface area contributed by atoms with E-state index in [0.717, 1.165) is 12.1 Å². The highest BCUT2D eigenvalue weighted by Crippen LogP contribution is 2.39. The van der Waals surface area contributed by atoms with Gasteiger partial charge in [-0.15, -0.1) is 0 Å². The highest BCUT2D eigenvalue weighted by atomic mass is 16.7. The smallest absolute Gasteiger partial charge is 0.239 e. The quantitative estimate of drug-likeness (QED) is 0.302. The zero-order valence-corrected chi connectivity index (χ0v) is 17.5. The number of aliphatic hydroxyl groups is 3. The van der Waals surface area contributed by atoms with Gasteiger partial charge in [0.2, 0.25) is 17.5 Å². The number of ether oxygens (including phenoxy) is 3. The Labute approximate surface area is 186 Å². The van der Waals surface area contributed by atoms with Crippen LogP contribution in [0.4, 0.5) is 0 Å². The second-order valence-corrected chi connectivity index (χ2v) is 7.61. The molecule has 0 aliphatic carbocycles. The maximum atomic E-state index is 13.5. The maximum Gasteiger partial charge on any atom is 0.239 e. The molecule has 2 heterocycles. The van der Waals surface area contributed by atoms with Crippen molar-refractivity contribution in [1.82, 2.24) is 0 Å². The number of fused-ring (bicyclic) bond motifs is 1. The number of rotatable bonds is 4. The first kappa shape index (κ1) is 22.7. The lowest BCUT2D eigenvalue weighted by Gasteiger charge is -2.38. The molecule has 1 unspecified atom stereocenters. The van der Waals surface area contributed by atoms with Crippen molar-refractivity contribution in [2.75, 3.05) is 7.11 Å². The van der Waals surface area contributed by atoms with Gasteiger partial charge in [0, 0.05) is 17.7 Å². The van der Waals surface area contributed by atoms with E-state index in [1.807, 2.05) is 0 Å². The van der Waals surface area contributed by atoms with Crippen LogP contribution in [-0.4, -0.2) is 68.5 Å². The van der Waals surface area contributed by atoms with Crippen LogP contribution in [0.5, 0.6) is 28.7 Å². The summed E-state index contributed by atoms with van der Waals surface area (Å²) in [6, 6.07) is 6.00. The monoisotopic (exact) mass is 462 g/mol. The fourth-order valence-corrected chi connectivity index (χ4v) is 3.60. The predicted octanol–water partition coefficient (Wildman–Crippen LogP) is 0.792. The van der Waals surface area contributed by atoms with Crippen LogP contribution in [0.3, 0.4) is 0 Å². The topological polar surface area (TPSA) is 179 Å². The van der Waals surface area contributed by atoms with Crippen LogP contribution in [0.1, 0.15) is 6.92 Å². The summed E-state index contributed by atoms with van der Waals surface area (Å²) in [5.41, 5.74) is -0.721. The molecule has 1 aliphatic heterocycles. The van der Waals surface area contributed by atoms with Crippen LogP contribution in [0, 0.1) is 0 Å². The molecule has 0 spiro atoms. The molecule has 0 amide bonds. The van der Waals surface area contributed by atoms with Gasteiger partial charge in [-0.3, -0.25) is 4.79 Å². The van der Waals surface area contributed by atoms with Crippen molar-refractivity contribution in [2.45, 2.75) is 37.6 Å². The lowest BCUT2D eigenvalue weighted by Crippen LogP contribution is -2.58. The standard InChI is InChI=1S/C22H22O11/c1-8-16(26)18(28)19(29)22(31-8)33-21-17(27)15-13(30-2)6-10(23)7-14(15)32-20(21)9-3-4-11(24)12(25)5-9/h3-8,16,18-19,22-26,28-29H,1-2H3/t8-,16-,18+,19+,22?/m1/s1. The summed E-state index contributed by atoms with van der Waals surface area (Å²) in [5.74, 6) is -1.86. The highest BCUT2D eigenvalue weighted by Gasteiger charge is 2.44. The van der Waals surface area contributed by atoms with Gasteiger partial charge >= 0.3 is 0 Å². The SMILES string of the molecule is COc1cc(O)cc2oc(-c3ccc(O)c(O)c3)c(OC3O[C@H](C)[C@@H](O)[C@H](O)[C@@H]3O)c(=O)c12. The number of aromatic hydroxyl groups is 3. The van der Waals surface area contributed by atoms with Gasteiger partial charge < -0.3 is 49.3 Å². The molecule has 6 N–H and O–H groups in total. The van der Waals surface area contributed by atoms with Crippen molar-refractivity contribution in [3.05, 3.63) is 40.6 Å². The third-order valence-electron chi connectivity index (χ3n) is 5.40. The Morgan fingerprint density at radius 1 is 0.939 bits per heavy atom. The minimum Gasteiger partial charge on any atom is -0.508 e. The van der Waals surface area contributed by atoms with E-state index in [9.17, 15) is 35.4 Å². The molecular formula is C22H22O11. The Morgan fingerprint density at radius 2 is 1.67 bits per heavy atom. The predicted molar refractivity (Wildman–Crippen MR) is 112 cm³/mol. The molecule has 0 saturated carbocycles. The number of methoxy groups -OCH3 is 1. The molecule has 11 heteroatoms. The first-order valence-corrected chi connectivity index (χ1v) is 9.88. The van der Waals surface area contributed by atoms with E-state index in [-0.39, 0.29) is 33.8 Å². The van der Waals surface area contributed by atoms with Crippen LogP contribution in [0.2, 0.25) is 0 Å². The molecule has 11 nitrogen and oxygen atoms in total. The number of phenolic OH excluding ortho intramolecular Hbond substituents is 3. The summed E-state index contributed by atoms with van der Waals surface area (Å²) in [5, 5.41) is 59.8. The number of benzene rings is 2. The molecule has 1 aliphatic rings.